The van der Waals surface area contributed by atoms with E-state index in [9.17, 15) is 14.9 Å². The largest absolute Gasteiger partial charge is 0.463 e. The number of amidine groups is 1. The number of aromatic amines is 1. The molecule has 2 rings (SSSR count). The molecule has 1 fully saturated rings. The number of amides is 1. The number of aliphatic imine (C=N–C) groups is 2. The van der Waals surface area contributed by atoms with Crippen molar-refractivity contribution in [2.24, 2.45) is 15.7 Å². The number of rotatable bonds is 9. The van der Waals surface area contributed by atoms with Crippen LogP contribution < -0.4 is 5.73 Å². The minimum absolute atomic E-state index is 0.0359. The number of hydrogen-bond acceptors (Lipinski definition) is 6. The molecule has 0 aliphatic carbocycles. The average molecular weight is 431 g/mol. The Morgan fingerprint density at radius 3 is 2.87 bits per heavy atom. The van der Waals surface area contributed by atoms with Crippen LogP contribution >= 0.6 is 0 Å². The Kier molecular flexibility index (Phi) is 9.21. The van der Waals surface area contributed by atoms with Crippen LogP contribution in [0.25, 0.3) is 0 Å². The molecule has 0 bridgehead atoms. The Balaban J connectivity index is 2.11. The minimum atomic E-state index is -1.22. The molecule has 1 aliphatic rings. The van der Waals surface area contributed by atoms with E-state index < -0.39 is 11.7 Å². The number of nitriles is 1. The van der Waals surface area contributed by atoms with Gasteiger partial charge in [0.25, 0.3) is 0 Å². The van der Waals surface area contributed by atoms with Crippen molar-refractivity contribution in [1.29, 1.82) is 5.26 Å². The zero-order valence-electron chi connectivity index (χ0n) is 17.9. The summed E-state index contributed by atoms with van der Waals surface area (Å²) in [5.41, 5.74) is 5.05. The maximum atomic E-state index is 12.0. The third-order valence-corrected chi connectivity index (χ3v) is 4.82. The third-order valence-electron chi connectivity index (χ3n) is 4.82. The number of nitrogens with one attached hydrogen (secondary N) is 1. The fourth-order valence-electron chi connectivity index (χ4n) is 3.13. The summed E-state index contributed by atoms with van der Waals surface area (Å²) < 4.78 is 16.1. The lowest BCUT2D eigenvalue weighted by molar-refractivity contribution is -0.148. The summed E-state index contributed by atoms with van der Waals surface area (Å²) in [6.45, 7) is 4.14. The Morgan fingerprint density at radius 2 is 2.19 bits per heavy atom. The fourth-order valence-corrected chi connectivity index (χ4v) is 3.13. The number of esters is 1. The molecule has 0 saturated carbocycles. The zero-order valence-corrected chi connectivity index (χ0v) is 17.9. The predicted octanol–water partition coefficient (Wildman–Crippen LogP) is 2.93. The van der Waals surface area contributed by atoms with E-state index in [1.54, 1.807) is 19.1 Å². The molecule has 10 nitrogen and oxygen atoms in total. The van der Waals surface area contributed by atoms with E-state index in [1.807, 2.05) is 0 Å². The third kappa shape index (κ3) is 6.65. The maximum absolute atomic E-state index is 12.0. The summed E-state index contributed by atoms with van der Waals surface area (Å²) >= 11 is 0. The SMILES string of the molecule is CCCCCOC(=O)/N=C(\N=CN)c1ccc(C2(C#N)CCC(COC(=O)CC)O2)[nH]1. The second kappa shape index (κ2) is 11.9. The highest BCUT2D eigenvalue weighted by atomic mass is 16.6. The standard InChI is InChI=1S/C21H29N5O5/c1-3-5-6-11-29-20(28)26-19(24-14-23)16-7-8-17(25-16)21(13-22)10-9-15(31-21)12-30-18(27)4-2/h7-8,14-15,25H,3-6,9-12H2,1-2H3,(H2,23,24,26,28). The summed E-state index contributed by atoms with van der Waals surface area (Å²) in [5, 5.41) is 9.79. The number of nitrogens with two attached hydrogens (primary N) is 1. The van der Waals surface area contributed by atoms with E-state index in [4.69, 9.17) is 19.9 Å². The van der Waals surface area contributed by atoms with Gasteiger partial charge >= 0.3 is 12.1 Å². The molecule has 0 radical (unpaired) electrons. The van der Waals surface area contributed by atoms with Gasteiger partial charge in [-0.15, -0.1) is 0 Å². The lowest BCUT2D eigenvalue weighted by Crippen LogP contribution is -2.27. The van der Waals surface area contributed by atoms with Crippen LogP contribution in [0.15, 0.2) is 22.1 Å². The predicted molar refractivity (Wildman–Crippen MR) is 114 cm³/mol. The topological polar surface area (TPSA) is 152 Å². The van der Waals surface area contributed by atoms with Crippen molar-refractivity contribution in [1.82, 2.24) is 4.98 Å². The van der Waals surface area contributed by atoms with Crippen molar-refractivity contribution in [3.05, 3.63) is 23.5 Å². The van der Waals surface area contributed by atoms with Gasteiger partial charge in [-0.3, -0.25) is 4.79 Å². The first kappa shape index (κ1) is 24.1. The minimum Gasteiger partial charge on any atom is -0.463 e. The maximum Gasteiger partial charge on any atom is 0.435 e. The molecule has 3 N–H and O–H groups in total. The van der Waals surface area contributed by atoms with E-state index in [0.717, 1.165) is 25.6 Å². The molecular formula is C21H29N5O5. The number of carbonyl (C=O) groups excluding carboxylic acids is 2. The molecule has 1 amide bonds. The van der Waals surface area contributed by atoms with Crippen LogP contribution in [0, 0.1) is 11.3 Å². The van der Waals surface area contributed by atoms with Crippen molar-refractivity contribution in [3.8, 4) is 6.07 Å². The molecule has 2 heterocycles. The highest BCUT2D eigenvalue weighted by Gasteiger charge is 2.43. The van der Waals surface area contributed by atoms with Crippen LogP contribution in [0.4, 0.5) is 4.79 Å². The molecule has 2 atom stereocenters. The first-order chi connectivity index (χ1) is 15.0. The first-order valence-electron chi connectivity index (χ1n) is 10.4. The van der Waals surface area contributed by atoms with Gasteiger partial charge in [-0.2, -0.15) is 10.3 Å². The Morgan fingerprint density at radius 1 is 1.39 bits per heavy atom. The number of hydrogen-bond donors (Lipinski definition) is 2. The van der Waals surface area contributed by atoms with Crippen molar-refractivity contribution in [2.45, 2.75) is 64.1 Å². The molecule has 2 unspecified atom stereocenters. The quantitative estimate of drug-likeness (QED) is 0.264. The summed E-state index contributed by atoms with van der Waals surface area (Å²) in [7, 11) is 0. The van der Waals surface area contributed by atoms with Crippen molar-refractivity contribution in [3.63, 3.8) is 0 Å². The number of aromatic nitrogens is 1. The van der Waals surface area contributed by atoms with Gasteiger partial charge in [0.15, 0.2) is 11.4 Å². The van der Waals surface area contributed by atoms with Crippen molar-refractivity contribution in [2.75, 3.05) is 13.2 Å². The van der Waals surface area contributed by atoms with Gasteiger partial charge in [-0.25, -0.2) is 9.79 Å². The van der Waals surface area contributed by atoms with Crippen LogP contribution in [-0.4, -0.2) is 48.5 Å². The zero-order chi connectivity index (χ0) is 22.7. The summed E-state index contributed by atoms with van der Waals surface area (Å²) in [5.74, 6) is -0.281. The number of H-pyrrole nitrogens is 1. The van der Waals surface area contributed by atoms with Gasteiger partial charge in [-0.1, -0.05) is 26.7 Å². The number of nitrogens with zero attached hydrogens (tertiary/aromatic N) is 3. The van der Waals surface area contributed by atoms with Gasteiger partial charge in [0.05, 0.1) is 30.4 Å². The molecule has 0 aromatic carbocycles. The lowest BCUT2D eigenvalue weighted by atomic mass is 9.98. The summed E-state index contributed by atoms with van der Waals surface area (Å²) in [6.07, 6.45) is 3.87. The van der Waals surface area contributed by atoms with Crippen LogP contribution in [0.2, 0.25) is 0 Å². The smallest absolute Gasteiger partial charge is 0.435 e. The molecule has 10 heteroatoms. The van der Waals surface area contributed by atoms with E-state index in [1.165, 1.54) is 0 Å². The number of carbonyl (C=O) groups is 2. The molecule has 1 aromatic rings. The monoisotopic (exact) mass is 431 g/mol. The summed E-state index contributed by atoms with van der Waals surface area (Å²) in [4.78, 5) is 34.2. The van der Waals surface area contributed by atoms with Crippen LogP contribution in [0.1, 0.15) is 63.8 Å². The highest BCUT2D eigenvalue weighted by Crippen LogP contribution is 2.38. The number of ether oxygens (including phenoxy) is 3. The molecule has 1 aliphatic heterocycles. The molecule has 1 aromatic heterocycles. The van der Waals surface area contributed by atoms with Gasteiger partial charge in [0.2, 0.25) is 0 Å². The lowest BCUT2D eigenvalue weighted by Gasteiger charge is -2.20. The Hall–Kier alpha value is -3.19. The molecule has 168 valence electrons. The van der Waals surface area contributed by atoms with E-state index >= 15 is 0 Å². The summed E-state index contributed by atoms with van der Waals surface area (Å²) in [6, 6.07) is 5.51. The van der Waals surface area contributed by atoms with Crippen LogP contribution in [0.3, 0.4) is 0 Å². The average Bonchev–Trinajstić information content (AvgIpc) is 3.43. The molecule has 0 spiro atoms. The fraction of sp³-hybridized carbons (Fsp3) is 0.571. The second-order valence-electron chi connectivity index (χ2n) is 7.07. The van der Waals surface area contributed by atoms with Gasteiger partial charge in [-0.05, 0) is 31.4 Å². The van der Waals surface area contributed by atoms with E-state index in [0.29, 0.717) is 24.2 Å². The first-order valence-corrected chi connectivity index (χ1v) is 10.4. The van der Waals surface area contributed by atoms with Crippen LogP contribution in [-0.2, 0) is 24.6 Å². The Labute approximate surface area is 181 Å². The van der Waals surface area contributed by atoms with Gasteiger partial charge in [0, 0.05) is 6.42 Å². The second-order valence-corrected chi connectivity index (χ2v) is 7.07. The highest BCUT2D eigenvalue weighted by molar-refractivity contribution is 6.05. The van der Waals surface area contributed by atoms with E-state index in [2.05, 4.69) is 28.0 Å². The molecular weight excluding hydrogens is 402 g/mol. The van der Waals surface area contributed by atoms with Gasteiger partial charge < -0.3 is 24.9 Å². The Bertz CT molecular complexity index is 857. The normalized spacial score (nSPS) is 21.2. The number of unbranched alkanes of at least 4 members (excludes halogenated alkanes) is 2. The van der Waals surface area contributed by atoms with Crippen molar-refractivity contribution < 1.29 is 23.8 Å². The van der Waals surface area contributed by atoms with Crippen LogP contribution in [0.5, 0.6) is 0 Å². The molecule has 1 saturated heterocycles. The van der Waals surface area contributed by atoms with Gasteiger partial charge in [0.1, 0.15) is 12.7 Å². The van der Waals surface area contributed by atoms with Crippen molar-refractivity contribution >= 4 is 24.2 Å². The molecule has 31 heavy (non-hydrogen) atoms. The van der Waals surface area contributed by atoms with E-state index in [-0.39, 0.29) is 37.5 Å².